The van der Waals surface area contributed by atoms with Gasteiger partial charge in [0, 0.05) is 5.57 Å². The van der Waals surface area contributed by atoms with Gasteiger partial charge in [0.25, 0.3) is 0 Å². The van der Waals surface area contributed by atoms with Gasteiger partial charge in [-0.3, -0.25) is 0 Å². The minimum absolute atomic E-state index is 0.298. The van der Waals surface area contributed by atoms with E-state index < -0.39 is 0 Å². The monoisotopic (exact) mass is 209 g/mol. The molecule has 0 fully saturated rings. The van der Waals surface area contributed by atoms with Crippen LogP contribution in [0.15, 0.2) is 23.8 Å². The summed E-state index contributed by atoms with van der Waals surface area (Å²) >= 11 is 5.87. The lowest BCUT2D eigenvalue weighted by Gasteiger charge is -2.02. The first kappa shape index (κ1) is 10.7. The average molecular weight is 210 g/mol. The highest BCUT2D eigenvalue weighted by Gasteiger charge is 2.05. The maximum atomic E-state index is 13.1. The number of hydrogen-bond acceptors (Lipinski definition) is 1. The lowest BCUT2D eigenvalue weighted by Crippen LogP contribution is -1.86. The fourth-order valence-corrected chi connectivity index (χ4v) is 1.15. The van der Waals surface area contributed by atoms with Crippen molar-refractivity contribution in [1.82, 2.24) is 0 Å². The summed E-state index contributed by atoms with van der Waals surface area (Å²) in [5.74, 6) is -0.314. The molecular formula is C11H9ClFN. The van der Waals surface area contributed by atoms with Gasteiger partial charge >= 0.3 is 0 Å². The van der Waals surface area contributed by atoms with E-state index in [0.717, 1.165) is 0 Å². The molecule has 72 valence electrons. The molecule has 1 aromatic rings. The molecule has 0 amide bonds. The predicted molar refractivity (Wildman–Crippen MR) is 55.2 cm³/mol. The summed E-state index contributed by atoms with van der Waals surface area (Å²) in [4.78, 5) is 0. The first-order valence-electron chi connectivity index (χ1n) is 4.09. The van der Waals surface area contributed by atoms with Crippen molar-refractivity contribution in [1.29, 1.82) is 5.26 Å². The van der Waals surface area contributed by atoms with Crippen molar-refractivity contribution in [2.45, 2.75) is 13.8 Å². The summed E-state index contributed by atoms with van der Waals surface area (Å²) in [6.07, 6.45) is 0. The number of allylic oxidation sites excluding steroid dienone is 1. The van der Waals surface area contributed by atoms with E-state index in [2.05, 4.69) is 0 Å². The third-order valence-corrected chi connectivity index (χ3v) is 2.42. The van der Waals surface area contributed by atoms with E-state index >= 15 is 0 Å². The van der Waals surface area contributed by atoms with Gasteiger partial charge in [0.15, 0.2) is 0 Å². The van der Waals surface area contributed by atoms with Crippen molar-refractivity contribution in [3.05, 3.63) is 40.7 Å². The Kier molecular flexibility index (Phi) is 3.27. The Balaban J connectivity index is 3.24. The highest BCUT2D eigenvalue weighted by molar-refractivity contribution is 6.49. The van der Waals surface area contributed by atoms with Crippen molar-refractivity contribution in [2.24, 2.45) is 0 Å². The summed E-state index contributed by atoms with van der Waals surface area (Å²) in [6, 6.07) is 6.59. The summed E-state index contributed by atoms with van der Waals surface area (Å²) in [5, 5.41) is 8.90. The number of aryl methyl sites for hydroxylation is 1. The molecule has 0 saturated heterocycles. The molecule has 1 rings (SSSR count). The second-order valence-corrected chi connectivity index (χ2v) is 3.39. The molecule has 0 unspecified atom stereocenters. The highest BCUT2D eigenvalue weighted by Crippen LogP contribution is 2.24. The van der Waals surface area contributed by atoms with Crippen molar-refractivity contribution >= 4 is 16.6 Å². The first-order chi connectivity index (χ1) is 6.56. The van der Waals surface area contributed by atoms with E-state index in [-0.39, 0.29) is 5.82 Å². The van der Waals surface area contributed by atoms with Gasteiger partial charge in [-0.1, -0.05) is 23.7 Å². The smallest absolute Gasteiger partial charge is 0.126 e. The zero-order valence-electron chi connectivity index (χ0n) is 7.94. The predicted octanol–water partition coefficient (Wildman–Crippen LogP) is 3.63. The molecule has 0 saturated carbocycles. The van der Waals surface area contributed by atoms with Crippen LogP contribution in [0.1, 0.15) is 18.1 Å². The maximum Gasteiger partial charge on any atom is 0.126 e. The lowest BCUT2D eigenvalue weighted by molar-refractivity contribution is 0.618. The van der Waals surface area contributed by atoms with E-state index in [0.29, 0.717) is 21.7 Å². The number of nitriles is 1. The van der Waals surface area contributed by atoms with Gasteiger partial charge in [-0.05, 0) is 31.0 Å². The molecule has 0 aliphatic rings. The molecule has 3 heteroatoms. The molecule has 1 nitrogen and oxygen atoms in total. The van der Waals surface area contributed by atoms with Crippen LogP contribution >= 0.6 is 11.6 Å². The highest BCUT2D eigenvalue weighted by atomic mass is 35.5. The molecular weight excluding hydrogens is 201 g/mol. The van der Waals surface area contributed by atoms with E-state index in [1.165, 1.54) is 6.07 Å². The normalized spacial score (nSPS) is 11.9. The summed E-state index contributed by atoms with van der Waals surface area (Å²) in [5.41, 5.74) is 1.48. The molecule has 0 heterocycles. The largest absolute Gasteiger partial charge is 0.207 e. The Morgan fingerprint density at radius 3 is 2.64 bits per heavy atom. The van der Waals surface area contributed by atoms with E-state index in [4.69, 9.17) is 16.9 Å². The molecule has 0 aliphatic carbocycles. The minimum atomic E-state index is -0.314. The second-order valence-electron chi connectivity index (χ2n) is 3.01. The van der Waals surface area contributed by atoms with E-state index in [1.54, 1.807) is 26.0 Å². The Morgan fingerprint density at radius 1 is 1.50 bits per heavy atom. The van der Waals surface area contributed by atoms with Crippen molar-refractivity contribution in [3.63, 3.8) is 0 Å². The number of nitrogens with zero attached hydrogens (tertiary/aromatic N) is 1. The quantitative estimate of drug-likeness (QED) is 0.648. The number of hydrogen-bond donors (Lipinski definition) is 0. The Hall–Kier alpha value is -1.33. The van der Waals surface area contributed by atoms with Crippen molar-refractivity contribution in [2.75, 3.05) is 0 Å². The zero-order chi connectivity index (χ0) is 10.7. The third-order valence-electron chi connectivity index (χ3n) is 1.92. The Morgan fingerprint density at radius 2 is 2.14 bits per heavy atom. The van der Waals surface area contributed by atoms with Gasteiger partial charge in [0.2, 0.25) is 0 Å². The molecule has 0 radical (unpaired) electrons. The zero-order valence-corrected chi connectivity index (χ0v) is 8.69. The van der Waals surface area contributed by atoms with Crippen LogP contribution in [0.4, 0.5) is 4.39 Å². The number of benzene rings is 1. The maximum absolute atomic E-state index is 13.1. The van der Waals surface area contributed by atoms with Crippen LogP contribution in [0.3, 0.4) is 0 Å². The third kappa shape index (κ3) is 2.12. The van der Waals surface area contributed by atoms with E-state index in [1.807, 2.05) is 6.07 Å². The van der Waals surface area contributed by atoms with Crippen molar-refractivity contribution in [3.8, 4) is 6.07 Å². The molecule has 0 atom stereocenters. The van der Waals surface area contributed by atoms with Gasteiger partial charge < -0.3 is 0 Å². The van der Waals surface area contributed by atoms with Gasteiger partial charge in [-0.2, -0.15) is 5.26 Å². The number of halogens is 2. The molecule has 1 aromatic carbocycles. The Labute approximate surface area is 87.4 Å². The van der Waals surface area contributed by atoms with Crippen LogP contribution in [0.2, 0.25) is 0 Å². The van der Waals surface area contributed by atoms with Crippen LogP contribution in [0, 0.1) is 24.1 Å². The van der Waals surface area contributed by atoms with Crippen LogP contribution < -0.4 is 0 Å². The topological polar surface area (TPSA) is 23.8 Å². The second kappa shape index (κ2) is 4.26. The molecule has 0 aromatic heterocycles. The molecule has 0 N–H and O–H groups in total. The fraction of sp³-hybridized carbons (Fsp3) is 0.182. The Bertz CT molecular complexity index is 429. The van der Waals surface area contributed by atoms with Crippen LogP contribution in [-0.2, 0) is 0 Å². The average Bonchev–Trinajstić information content (AvgIpc) is 2.20. The van der Waals surface area contributed by atoms with E-state index in [9.17, 15) is 4.39 Å². The number of rotatable bonds is 1. The van der Waals surface area contributed by atoms with Gasteiger partial charge in [-0.15, -0.1) is 0 Å². The van der Waals surface area contributed by atoms with Crippen LogP contribution in [0.25, 0.3) is 5.03 Å². The fourth-order valence-electron chi connectivity index (χ4n) is 0.995. The van der Waals surface area contributed by atoms with Gasteiger partial charge in [0.05, 0.1) is 11.1 Å². The first-order valence-corrected chi connectivity index (χ1v) is 4.47. The summed E-state index contributed by atoms with van der Waals surface area (Å²) in [6.45, 7) is 3.27. The summed E-state index contributed by atoms with van der Waals surface area (Å²) in [7, 11) is 0. The SMILES string of the molecule is C/C(C#N)=C(/Cl)c1ccc(C)c(F)c1. The molecule has 0 bridgehead atoms. The minimum Gasteiger partial charge on any atom is -0.207 e. The summed E-state index contributed by atoms with van der Waals surface area (Å²) < 4.78 is 13.1. The molecule has 14 heavy (non-hydrogen) atoms. The van der Waals surface area contributed by atoms with Crippen molar-refractivity contribution < 1.29 is 4.39 Å². The molecule has 0 spiro atoms. The van der Waals surface area contributed by atoms with Crippen LogP contribution in [-0.4, -0.2) is 0 Å². The van der Waals surface area contributed by atoms with Gasteiger partial charge in [0.1, 0.15) is 5.82 Å². The van der Waals surface area contributed by atoms with Gasteiger partial charge in [-0.25, -0.2) is 4.39 Å². The molecule has 0 aliphatic heterocycles. The lowest BCUT2D eigenvalue weighted by atomic mass is 10.1. The van der Waals surface area contributed by atoms with Crippen LogP contribution in [0.5, 0.6) is 0 Å². The standard InChI is InChI=1S/C11H9ClFN/c1-7-3-4-9(5-10(7)13)11(12)8(2)6-14/h3-5H,1-2H3/b11-8-.